The number of nitrogens with two attached hydrogens (primary N) is 2. The van der Waals surface area contributed by atoms with Crippen LogP contribution < -0.4 is 16.4 Å². The van der Waals surface area contributed by atoms with Gasteiger partial charge >= 0.3 is 0 Å². The first kappa shape index (κ1) is 13.2. The molecule has 0 aliphatic carbocycles. The minimum atomic E-state index is -0.222. The third-order valence-corrected chi connectivity index (χ3v) is 4.08. The van der Waals surface area contributed by atoms with Gasteiger partial charge in [0.05, 0.1) is 17.3 Å². The lowest BCUT2D eigenvalue weighted by Gasteiger charge is -2.39. The van der Waals surface area contributed by atoms with Gasteiger partial charge in [0.25, 0.3) is 0 Å². The van der Waals surface area contributed by atoms with Crippen LogP contribution in [0.25, 0.3) is 0 Å². The Hall–Kier alpha value is -1.23. The van der Waals surface area contributed by atoms with Crippen molar-refractivity contribution in [2.75, 3.05) is 17.2 Å². The van der Waals surface area contributed by atoms with Crippen molar-refractivity contribution < 1.29 is 4.79 Å². The molecule has 0 radical (unpaired) electrons. The molecule has 2 rings (SSSR count). The first-order chi connectivity index (χ1) is 8.49. The molecule has 1 fully saturated rings. The minimum Gasteiger partial charge on any atom is -0.397 e. The quantitative estimate of drug-likeness (QED) is 0.822. The zero-order valence-corrected chi connectivity index (χ0v) is 12.0. The first-order valence-corrected chi connectivity index (χ1v) is 6.89. The van der Waals surface area contributed by atoms with Crippen molar-refractivity contribution in [3.63, 3.8) is 0 Å². The van der Waals surface area contributed by atoms with Gasteiger partial charge in [-0.25, -0.2) is 0 Å². The number of carbonyl (C=O) groups is 1. The average Bonchev–Trinajstić information content (AvgIpc) is 2.33. The van der Waals surface area contributed by atoms with E-state index in [9.17, 15) is 4.79 Å². The standard InChI is InChI=1S/C13H18BrN3O/c1-8-2-3-9(13(16)18)7-17(8)12-6-10(14)4-5-11(12)15/h4-6,8-9H,2-3,7,15H2,1H3,(H2,16,18). The van der Waals surface area contributed by atoms with Gasteiger partial charge in [0.15, 0.2) is 0 Å². The smallest absolute Gasteiger partial charge is 0.222 e. The predicted octanol–water partition coefficient (Wildman–Crippen LogP) is 2.12. The molecule has 4 nitrogen and oxygen atoms in total. The van der Waals surface area contributed by atoms with Gasteiger partial charge in [-0.1, -0.05) is 15.9 Å². The SMILES string of the molecule is CC1CCC(C(N)=O)CN1c1cc(Br)ccc1N. The summed E-state index contributed by atoms with van der Waals surface area (Å²) in [6.45, 7) is 2.80. The summed E-state index contributed by atoms with van der Waals surface area (Å²) in [7, 11) is 0. The third-order valence-electron chi connectivity index (χ3n) is 3.59. The number of benzene rings is 1. The number of anilines is 2. The lowest BCUT2D eigenvalue weighted by Crippen LogP contribution is -2.46. The van der Waals surface area contributed by atoms with Crippen LogP contribution in [0.2, 0.25) is 0 Å². The Labute approximate surface area is 115 Å². The van der Waals surface area contributed by atoms with Crippen molar-refractivity contribution in [1.82, 2.24) is 0 Å². The van der Waals surface area contributed by atoms with Crippen LogP contribution in [0, 0.1) is 5.92 Å². The molecule has 0 saturated carbocycles. The van der Waals surface area contributed by atoms with E-state index >= 15 is 0 Å². The molecular formula is C13H18BrN3O. The molecule has 2 unspecified atom stereocenters. The maximum Gasteiger partial charge on any atom is 0.222 e. The van der Waals surface area contributed by atoms with Gasteiger partial charge in [-0.2, -0.15) is 0 Å². The molecule has 0 aromatic heterocycles. The number of rotatable bonds is 2. The van der Waals surface area contributed by atoms with Crippen molar-refractivity contribution in [1.29, 1.82) is 0 Å². The number of primary amides is 1. The summed E-state index contributed by atoms with van der Waals surface area (Å²) in [5.41, 5.74) is 13.1. The first-order valence-electron chi connectivity index (χ1n) is 6.10. The zero-order chi connectivity index (χ0) is 13.3. The molecule has 0 bridgehead atoms. The van der Waals surface area contributed by atoms with Crippen LogP contribution in [0.4, 0.5) is 11.4 Å². The molecule has 4 N–H and O–H groups in total. The molecule has 2 atom stereocenters. The lowest BCUT2D eigenvalue weighted by molar-refractivity contribution is -0.122. The highest BCUT2D eigenvalue weighted by atomic mass is 79.9. The number of hydrogen-bond acceptors (Lipinski definition) is 3. The molecule has 1 saturated heterocycles. The highest BCUT2D eigenvalue weighted by Crippen LogP contribution is 2.33. The summed E-state index contributed by atoms with van der Waals surface area (Å²) in [6.07, 6.45) is 1.82. The number of piperidine rings is 1. The molecule has 1 amide bonds. The minimum absolute atomic E-state index is 0.0837. The number of amides is 1. The van der Waals surface area contributed by atoms with Gasteiger partial charge in [-0.15, -0.1) is 0 Å². The van der Waals surface area contributed by atoms with Gasteiger partial charge in [-0.3, -0.25) is 4.79 Å². The second-order valence-corrected chi connectivity index (χ2v) is 5.80. The normalized spacial score (nSPS) is 24.0. The van der Waals surface area contributed by atoms with Crippen LogP contribution in [0.5, 0.6) is 0 Å². The summed E-state index contributed by atoms with van der Waals surface area (Å²) in [5, 5.41) is 0. The molecule has 1 aliphatic heterocycles. The molecule has 5 heteroatoms. The van der Waals surface area contributed by atoms with Gasteiger partial charge in [-0.05, 0) is 38.0 Å². The topological polar surface area (TPSA) is 72.4 Å². The highest BCUT2D eigenvalue weighted by molar-refractivity contribution is 9.10. The van der Waals surface area contributed by atoms with Crippen molar-refractivity contribution in [2.24, 2.45) is 11.7 Å². The van der Waals surface area contributed by atoms with E-state index in [0.29, 0.717) is 12.6 Å². The lowest BCUT2D eigenvalue weighted by atomic mass is 9.92. The third kappa shape index (κ3) is 2.61. The molecule has 1 aliphatic rings. The van der Waals surface area contributed by atoms with E-state index in [0.717, 1.165) is 28.7 Å². The van der Waals surface area contributed by atoms with Gasteiger partial charge in [0, 0.05) is 17.1 Å². The second-order valence-electron chi connectivity index (χ2n) is 4.88. The molecule has 1 heterocycles. The summed E-state index contributed by atoms with van der Waals surface area (Å²) >= 11 is 3.45. The number of hydrogen-bond donors (Lipinski definition) is 2. The van der Waals surface area contributed by atoms with Gasteiger partial charge in [0.1, 0.15) is 0 Å². The monoisotopic (exact) mass is 311 g/mol. The van der Waals surface area contributed by atoms with E-state index in [2.05, 4.69) is 27.8 Å². The van der Waals surface area contributed by atoms with Crippen molar-refractivity contribution in [3.05, 3.63) is 22.7 Å². The van der Waals surface area contributed by atoms with Crippen LogP contribution >= 0.6 is 15.9 Å². The van der Waals surface area contributed by atoms with E-state index in [1.165, 1.54) is 0 Å². The number of nitrogen functional groups attached to an aromatic ring is 1. The summed E-state index contributed by atoms with van der Waals surface area (Å²) in [6, 6.07) is 6.16. The van der Waals surface area contributed by atoms with Crippen LogP contribution in [0.1, 0.15) is 19.8 Å². The fourth-order valence-corrected chi connectivity index (χ4v) is 2.79. The Balaban J connectivity index is 2.29. The highest BCUT2D eigenvalue weighted by Gasteiger charge is 2.29. The molecule has 0 spiro atoms. The van der Waals surface area contributed by atoms with E-state index in [4.69, 9.17) is 11.5 Å². The van der Waals surface area contributed by atoms with Crippen LogP contribution in [-0.2, 0) is 4.79 Å². The van der Waals surface area contributed by atoms with E-state index in [1.54, 1.807) is 0 Å². The van der Waals surface area contributed by atoms with Crippen molar-refractivity contribution in [3.8, 4) is 0 Å². The maximum atomic E-state index is 11.3. The van der Waals surface area contributed by atoms with Gasteiger partial charge < -0.3 is 16.4 Å². The van der Waals surface area contributed by atoms with Gasteiger partial charge in [0.2, 0.25) is 5.91 Å². The number of carbonyl (C=O) groups excluding carboxylic acids is 1. The molecular weight excluding hydrogens is 294 g/mol. The van der Waals surface area contributed by atoms with Crippen LogP contribution in [-0.4, -0.2) is 18.5 Å². The number of nitrogens with zero attached hydrogens (tertiary/aromatic N) is 1. The number of halogens is 1. The van der Waals surface area contributed by atoms with E-state index < -0.39 is 0 Å². The Kier molecular flexibility index (Phi) is 3.80. The van der Waals surface area contributed by atoms with E-state index in [-0.39, 0.29) is 11.8 Å². The fourth-order valence-electron chi connectivity index (χ4n) is 2.44. The Morgan fingerprint density at radius 2 is 2.17 bits per heavy atom. The summed E-state index contributed by atoms with van der Waals surface area (Å²) < 4.78 is 0.986. The second kappa shape index (κ2) is 5.18. The van der Waals surface area contributed by atoms with E-state index in [1.807, 2.05) is 18.2 Å². The summed E-state index contributed by atoms with van der Waals surface area (Å²) in [4.78, 5) is 13.5. The molecule has 98 valence electrons. The largest absolute Gasteiger partial charge is 0.397 e. The Bertz CT molecular complexity index is 464. The maximum absolute atomic E-state index is 11.3. The van der Waals surface area contributed by atoms with Crippen molar-refractivity contribution >= 4 is 33.2 Å². The molecule has 18 heavy (non-hydrogen) atoms. The Morgan fingerprint density at radius 3 is 2.83 bits per heavy atom. The average molecular weight is 312 g/mol. The van der Waals surface area contributed by atoms with Crippen LogP contribution in [0.15, 0.2) is 22.7 Å². The van der Waals surface area contributed by atoms with Crippen LogP contribution in [0.3, 0.4) is 0 Å². The Morgan fingerprint density at radius 1 is 1.44 bits per heavy atom. The predicted molar refractivity (Wildman–Crippen MR) is 77.3 cm³/mol. The zero-order valence-electron chi connectivity index (χ0n) is 10.4. The molecule has 1 aromatic carbocycles. The molecule has 1 aromatic rings. The fraction of sp³-hybridized carbons (Fsp3) is 0.462. The van der Waals surface area contributed by atoms with Crippen molar-refractivity contribution in [2.45, 2.75) is 25.8 Å². The summed E-state index contributed by atoms with van der Waals surface area (Å²) in [5.74, 6) is -0.306.